The van der Waals surface area contributed by atoms with Crippen LogP contribution >= 0.6 is 11.8 Å². The highest BCUT2D eigenvalue weighted by molar-refractivity contribution is 7.99. The van der Waals surface area contributed by atoms with Gasteiger partial charge in [-0.1, -0.05) is 30.0 Å². The lowest BCUT2D eigenvalue weighted by Gasteiger charge is -2.15. The van der Waals surface area contributed by atoms with E-state index in [9.17, 15) is 4.79 Å². The molecule has 0 radical (unpaired) electrons. The van der Waals surface area contributed by atoms with E-state index in [0.717, 1.165) is 17.1 Å². The average Bonchev–Trinajstić information content (AvgIpc) is 2.91. The zero-order valence-corrected chi connectivity index (χ0v) is 14.3. The van der Waals surface area contributed by atoms with Gasteiger partial charge in [-0.15, -0.1) is 10.2 Å². The molecule has 0 bridgehead atoms. The summed E-state index contributed by atoms with van der Waals surface area (Å²) in [5, 5.41) is 17.6. The summed E-state index contributed by atoms with van der Waals surface area (Å²) in [7, 11) is 1.71. The number of carbonyl (C=O) groups is 1. The number of benzene rings is 1. The number of carbonyl (C=O) groups excluding carboxylic acids is 1. The van der Waals surface area contributed by atoms with Crippen LogP contribution in [0.25, 0.3) is 5.69 Å². The smallest absolute Gasteiger partial charge is 0.232 e. The van der Waals surface area contributed by atoms with Gasteiger partial charge in [-0.2, -0.15) is 5.26 Å². The number of hydrogen-bond donors (Lipinski definition) is 0. The van der Waals surface area contributed by atoms with Crippen LogP contribution in [0.2, 0.25) is 0 Å². The molecule has 1 aromatic carbocycles. The molecule has 0 aliphatic carbocycles. The van der Waals surface area contributed by atoms with Crippen LogP contribution in [0.15, 0.2) is 29.4 Å². The summed E-state index contributed by atoms with van der Waals surface area (Å²) in [6.07, 6.45) is 0.339. The molecule has 0 aliphatic rings. The van der Waals surface area contributed by atoms with Gasteiger partial charge in [-0.25, -0.2) is 0 Å². The molecule has 2 aromatic rings. The lowest BCUT2D eigenvalue weighted by atomic mass is 10.2. The van der Waals surface area contributed by atoms with Crippen LogP contribution in [0, 0.1) is 25.2 Å². The standard InChI is InChI=1S/C16H19N5OS/c1-12-7-4-5-8-14(12)21-13(2)18-19-16(21)23-11-15(22)20(3)10-6-9-17/h4-5,7-8H,6,10-11H2,1-3H3. The van der Waals surface area contributed by atoms with Crippen molar-refractivity contribution in [2.75, 3.05) is 19.3 Å². The number of hydrogen-bond acceptors (Lipinski definition) is 5. The number of rotatable bonds is 6. The summed E-state index contributed by atoms with van der Waals surface area (Å²) < 4.78 is 1.96. The second-order valence-corrected chi connectivity index (χ2v) is 6.11. The molecule has 0 N–H and O–H groups in total. The Hall–Kier alpha value is -2.33. The van der Waals surface area contributed by atoms with E-state index in [1.807, 2.05) is 48.7 Å². The first-order valence-electron chi connectivity index (χ1n) is 7.26. The minimum Gasteiger partial charge on any atom is -0.344 e. The van der Waals surface area contributed by atoms with Crippen LogP contribution in [-0.4, -0.2) is 44.9 Å². The van der Waals surface area contributed by atoms with Gasteiger partial charge in [0.2, 0.25) is 5.91 Å². The maximum absolute atomic E-state index is 12.1. The van der Waals surface area contributed by atoms with Gasteiger partial charge in [0.25, 0.3) is 0 Å². The Kier molecular flexibility index (Phi) is 5.77. The summed E-state index contributed by atoms with van der Waals surface area (Å²) in [5.41, 5.74) is 2.14. The van der Waals surface area contributed by atoms with Crippen LogP contribution in [0.4, 0.5) is 0 Å². The fourth-order valence-electron chi connectivity index (χ4n) is 2.11. The van der Waals surface area contributed by atoms with Gasteiger partial charge in [0.1, 0.15) is 5.82 Å². The van der Waals surface area contributed by atoms with Gasteiger partial charge < -0.3 is 4.90 Å². The molecule has 23 heavy (non-hydrogen) atoms. The van der Waals surface area contributed by atoms with Crippen molar-refractivity contribution in [3.05, 3.63) is 35.7 Å². The molecule has 0 atom stereocenters. The predicted octanol–water partition coefficient (Wildman–Crippen LogP) is 2.35. The SMILES string of the molecule is Cc1ccccc1-n1c(C)nnc1SCC(=O)N(C)CCC#N. The van der Waals surface area contributed by atoms with Crippen molar-refractivity contribution in [1.29, 1.82) is 5.26 Å². The van der Waals surface area contributed by atoms with Crippen molar-refractivity contribution >= 4 is 17.7 Å². The highest BCUT2D eigenvalue weighted by atomic mass is 32.2. The molecule has 0 spiro atoms. The van der Waals surface area contributed by atoms with Gasteiger partial charge in [-0.05, 0) is 25.5 Å². The molecule has 7 heteroatoms. The Morgan fingerprint density at radius 1 is 1.35 bits per heavy atom. The Morgan fingerprint density at radius 3 is 2.78 bits per heavy atom. The summed E-state index contributed by atoms with van der Waals surface area (Å²) >= 11 is 1.36. The molecule has 0 aliphatic heterocycles. The van der Waals surface area contributed by atoms with Crippen molar-refractivity contribution in [2.45, 2.75) is 25.4 Å². The predicted molar refractivity (Wildman–Crippen MR) is 89.4 cm³/mol. The molecule has 1 aromatic heterocycles. The molecule has 1 heterocycles. The normalized spacial score (nSPS) is 10.3. The Balaban J connectivity index is 2.12. The zero-order chi connectivity index (χ0) is 16.8. The van der Waals surface area contributed by atoms with Gasteiger partial charge in [-0.3, -0.25) is 9.36 Å². The summed E-state index contributed by atoms with van der Waals surface area (Å²) in [4.78, 5) is 13.6. The van der Waals surface area contributed by atoms with Gasteiger partial charge in [0.15, 0.2) is 5.16 Å². The Bertz CT molecular complexity index is 734. The fourth-order valence-corrected chi connectivity index (χ4v) is 3.04. The lowest BCUT2D eigenvalue weighted by molar-refractivity contribution is -0.127. The number of nitrogens with zero attached hydrogens (tertiary/aromatic N) is 5. The fraction of sp³-hybridized carbons (Fsp3) is 0.375. The van der Waals surface area contributed by atoms with E-state index in [1.165, 1.54) is 11.8 Å². The third-order valence-corrected chi connectivity index (χ3v) is 4.37. The number of thioether (sulfide) groups is 1. The summed E-state index contributed by atoms with van der Waals surface area (Å²) in [6, 6.07) is 10.0. The van der Waals surface area contributed by atoms with Crippen molar-refractivity contribution in [1.82, 2.24) is 19.7 Å². The van der Waals surface area contributed by atoms with Crippen LogP contribution in [0.5, 0.6) is 0 Å². The molecule has 0 fully saturated rings. The quantitative estimate of drug-likeness (QED) is 0.761. The summed E-state index contributed by atoms with van der Waals surface area (Å²) in [5.74, 6) is 1.03. The molecule has 6 nitrogen and oxygen atoms in total. The van der Waals surface area contributed by atoms with E-state index in [1.54, 1.807) is 11.9 Å². The third-order valence-electron chi connectivity index (χ3n) is 3.46. The zero-order valence-electron chi connectivity index (χ0n) is 13.5. The van der Waals surface area contributed by atoms with E-state index in [4.69, 9.17) is 5.26 Å². The van der Waals surface area contributed by atoms with Gasteiger partial charge in [0, 0.05) is 13.6 Å². The van der Waals surface area contributed by atoms with Crippen LogP contribution < -0.4 is 0 Å². The van der Waals surface area contributed by atoms with E-state index in [-0.39, 0.29) is 11.7 Å². The first-order valence-corrected chi connectivity index (χ1v) is 8.25. The Labute approximate surface area is 140 Å². The highest BCUT2D eigenvalue weighted by Crippen LogP contribution is 2.24. The number of nitriles is 1. The molecular formula is C16H19N5OS. The summed E-state index contributed by atoms with van der Waals surface area (Å²) in [6.45, 7) is 4.37. The highest BCUT2D eigenvalue weighted by Gasteiger charge is 2.16. The number of amides is 1. The van der Waals surface area contributed by atoms with Crippen LogP contribution in [0.1, 0.15) is 17.8 Å². The third kappa shape index (κ3) is 4.11. The molecule has 0 saturated heterocycles. The molecule has 120 valence electrons. The second kappa shape index (κ2) is 7.79. The molecule has 0 saturated carbocycles. The second-order valence-electron chi connectivity index (χ2n) is 5.16. The monoisotopic (exact) mass is 329 g/mol. The molecule has 1 amide bonds. The number of aryl methyl sites for hydroxylation is 2. The Morgan fingerprint density at radius 2 is 2.09 bits per heavy atom. The van der Waals surface area contributed by atoms with E-state index in [2.05, 4.69) is 10.2 Å². The number of para-hydroxylation sites is 1. The maximum Gasteiger partial charge on any atom is 0.232 e. The maximum atomic E-state index is 12.1. The van der Waals surface area contributed by atoms with Crippen LogP contribution in [0.3, 0.4) is 0 Å². The van der Waals surface area contributed by atoms with Gasteiger partial charge >= 0.3 is 0 Å². The van der Waals surface area contributed by atoms with Crippen molar-refractivity contribution in [2.24, 2.45) is 0 Å². The molecular weight excluding hydrogens is 310 g/mol. The average molecular weight is 329 g/mol. The van der Waals surface area contributed by atoms with Gasteiger partial charge in [0.05, 0.1) is 23.9 Å². The van der Waals surface area contributed by atoms with E-state index < -0.39 is 0 Å². The largest absolute Gasteiger partial charge is 0.344 e. The topological polar surface area (TPSA) is 74.8 Å². The minimum absolute atomic E-state index is 0.0257. The van der Waals surface area contributed by atoms with Crippen LogP contribution in [-0.2, 0) is 4.79 Å². The van der Waals surface area contributed by atoms with Crippen molar-refractivity contribution in [3.63, 3.8) is 0 Å². The van der Waals surface area contributed by atoms with Crippen molar-refractivity contribution in [3.8, 4) is 11.8 Å². The number of aromatic nitrogens is 3. The van der Waals surface area contributed by atoms with E-state index in [0.29, 0.717) is 18.1 Å². The molecule has 0 unspecified atom stereocenters. The van der Waals surface area contributed by atoms with Crippen molar-refractivity contribution < 1.29 is 4.79 Å². The molecule has 2 rings (SSSR count). The minimum atomic E-state index is -0.0257. The van der Waals surface area contributed by atoms with E-state index >= 15 is 0 Å². The first kappa shape index (κ1) is 17.0. The lowest BCUT2D eigenvalue weighted by Crippen LogP contribution is -2.29. The first-order chi connectivity index (χ1) is 11.0.